The maximum atomic E-state index is 3.95. The van der Waals surface area contributed by atoms with Crippen LogP contribution in [0.5, 0.6) is 0 Å². The van der Waals surface area contributed by atoms with Gasteiger partial charge in [-0.3, -0.25) is 5.10 Å². The van der Waals surface area contributed by atoms with Gasteiger partial charge >= 0.3 is 0 Å². The Bertz CT molecular complexity index is 462. The second kappa shape index (κ2) is 4.10. The van der Waals surface area contributed by atoms with E-state index in [2.05, 4.69) is 39.8 Å². The summed E-state index contributed by atoms with van der Waals surface area (Å²) in [6.45, 7) is 0.860. The lowest BCUT2D eigenvalue weighted by Crippen LogP contribution is -2.18. The summed E-state index contributed by atoms with van der Waals surface area (Å²) in [6, 6.07) is 11.2. The number of rotatable bonds is 3. The molecule has 0 saturated carbocycles. The fourth-order valence-corrected chi connectivity index (χ4v) is 2.39. The van der Waals surface area contributed by atoms with E-state index in [9.17, 15) is 0 Å². The van der Waals surface area contributed by atoms with Crippen molar-refractivity contribution in [1.82, 2.24) is 15.5 Å². The Hall–Kier alpha value is -1.61. The van der Waals surface area contributed by atoms with Gasteiger partial charge < -0.3 is 5.32 Å². The van der Waals surface area contributed by atoms with Crippen LogP contribution in [-0.2, 0) is 13.0 Å². The van der Waals surface area contributed by atoms with Gasteiger partial charge in [0.15, 0.2) is 0 Å². The predicted molar refractivity (Wildman–Crippen MR) is 62.9 cm³/mol. The van der Waals surface area contributed by atoms with Crippen LogP contribution < -0.4 is 5.32 Å². The number of hydrogen-bond acceptors (Lipinski definition) is 2. The molecule has 0 fully saturated rings. The monoisotopic (exact) mass is 213 g/mol. The summed E-state index contributed by atoms with van der Waals surface area (Å²) >= 11 is 0. The van der Waals surface area contributed by atoms with Crippen molar-refractivity contribution in [2.45, 2.75) is 25.4 Å². The van der Waals surface area contributed by atoms with E-state index in [-0.39, 0.29) is 0 Å². The summed E-state index contributed by atoms with van der Waals surface area (Å²) in [4.78, 5) is 0. The smallest absolute Gasteiger partial charge is 0.0490 e. The van der Waals surface area contributed by atoms with E-state index in [4.69, 9.17) is 0 Å². The molecule has 0 radical (unpaired) electrons. The topological polar surface area (TPSA) is 40.7 Å². The molecular weight excluding hydrogens is 198 g/mol. The Morgan fingerprint density at radius 1 is 1.31 bits per heavy atom. The SMILES string of the molecule is c1ccc2c(c1)CCC2NCc1ccn[nH]1. The third kappa shape index (κ3) is 1.74. The van der Waals surface area contributed by atoms with Crippen LogP contribution in [0.15, 0.2) is 36.5 Å². The van der Waals surface area contributed by atoms with Gasteiger partial charge in [0.2, 0.25) is 0 Å². The number of nitrogens with one attached hydrogen (secondary N) is 2. The minimum Gasteiger partial charge on any atom is -0.304 e. The van der Waals surface area contributed by atoms with Crippen LogP contribution in [-0.4, -0.2) is 10.2 Å². The Balaban J connectivity index is 1.69. The minimum absolute atomic E-state index is 0.500. The normalized spacial score (nSPS) is 18.6. The van der Waals surface area contributed by atoms with Crippen molar-refractivity contribution in [3.8, 4) is 0 Å². The van der Waals surface area contributed by atoms with Crippen molar-refractivity contribution < 1.29 is 0 Å². The first kappa shape index (κ1) is 9.60. The van der Waals surface area contributed by atoms with Gasteiger partial charge in [0.25, 0.3) is 0 Å². The van der Waals surface area contributed by atoms with E-state index in [0.717, 1.165) is 12.2 Å². The first-order valence-electron chi connectivity index (χ1n) is 5.73. The van der Waals surface area contributed by atoms with E-state index < -0.39 is 0 Å². The summed E-state index contributed by atoms with van der Waals surface area (Å²) in [5.41, 5.74) is 4.09. The largest absolute Gasteiger partial charge is 0.304 e. The molecule has 0 saturated heterocycles. The lowest BCUT2D eigenvalue weighted by molar-refractivity contribution is 0.525. The quantitative estimate of drug-likeness (QED) is 0.820. The van der Waals surface area contributed by atoms with Crippen molar-refractivity contribution in [3.05, 3.63) is 53.3 Å². The third-order valence-corrected chi connectivity index (χ3v) is 3.23. The summed E-state index contributed by atoms with van der Waals surface area (Å²) < 4.78 is 0. The van der Waals surface area contributed by atoms with Gasteiger partial charge in [-0.2, -0.15) is 5.10 Å². The predicted octanol–water partition coefficient (Wildman–Crippen LogP) is 2.19. The van der Waals surface area contributed by atoms with Crippen LogP contribution >= 0.6 is 0 Å². The number of hydrogen-bond donors (Lipinski definition) is 2. The van der Waals surface area contributed by atoms with E-state index >= 15 is 0 Å². The highest BCUT2D eigenvalue weighted by atomic mass is 15.1. The average molecular weight is 213 g/mol. The third-order valence-electron chi connectivity index (χ3n) is 3.23. The van der Waals surface area contributed by atoms with Crippen LogP contribution in [0.1, 0.15) is 29.3 Å². The van der Waals surface area contributed by atoms with E-state index in [1.165, 1.54) is 24.0 Å². The fraction of sp³-hybridized carbons (Fsp3) is 0.308. The number of H-pyrrole nitrogens is 1. The molecule has 0 bridgehead atoms. The molecule has 0 spiro atoms. The van der Waals surface area contributed by atoms with Gasteiger partial charge in [-0.25, -0.2) is 0 Å². The second-order valence-electron chi connectivity index (χ2n) is 4.25. The van der Waals surface area contributed by atoms with Gasteiger partial charge in [-0.1, -0.05) is 24.3 Å². The molecule has 3 nitrogen and oxygen atoms in total. The van der Waals surface area contributed by atoms with Crippen LogP contribution in [0.25, 0.3) is 0 Å². The van der Waals surface area contributed by atoms with Gasteiger partial charge in [0.1, 0.15) is 0 Å². The fourth-order valence-electron chi connectivity index (χ4n) is 2.39. The highest BCUT2D eigenvalue weighted by Gasteiger charge is 2.20. The molecule has 1 aliphatic rings. The van der Waals surface area contributed by atoms with Crippen molar-refractivity contribution in [1.29, 1.82) is 0 Å². The maximum Gasteiger partial charge on any atom is 0.0490 e. The summed E-state index contributed by atoms with van der Waals surface area (Å²) in [5.74, 6) is 0. The summed E-state index contributed by atoms with van der Waals surface area (Å²) in [5, 5.41) is 10.5. The zero-order valence-corrected chi connectivity index (χ0v) is 9.11. The van der Waals surface area contributed by atoms with E-state index in [0.29, 0.717) is 6.04 Å². The number of fused-ring (bicyclic) bond motifs is 1. The summed E-state index contributed by atoms with van der Waals surface area (Å²) in [6.07, 6.45) is 4.18. The van der Waals surface area contributed by atoms with Crippen molar-refractivity contribution in [2.75, 3.05) is 0 Å². The zero-order valence-electron chi connectivity index (χ0n) is 9.11. The Labute approximate surface area is 94.9 Å². The molecule has 0 aliphatic heterocycles. The molecule has 16 heavy (non-hydrogen) atoms. The van der Waals surface area contributed by atoms with Crippen molar-refractivity contribution >= 4 is 0 Å². The van der Waals surface area contributed by atoms with Crippen LogP contribution in [0.4, 0.5) is 0 Å². The van der Waals surface area contributed by atoms with Gasteiger partial charge in [0.05, 0.1) is 0 Å². The van der Waals surface area contributed by atoms with Crippen LogP contribution in [0.3, 0.4) is 0 Å². The molecule has 1 heterocycles. The number of benzene rings is 1. The molecule has 1 aromatic heterocycles. The molecule has 1 aliphatic carbocycles. The minimum atomic E-state index is 0.500. The standard InChI is InChI=1S/C13H15N3/c1-2-4-12-10(3-1)5-6-13(12)14-9-11-7-8-15-16-11/h1-4,7-8,13-14H,5-6,9H2,(H,15,16). The van der Waals surface area contributed by atoms with Gasteiger partial charge in [0, 0.05) is 24.5 Å². The first-order chi connectivity index (χ1) is 7.93. The zero-order chi connectivity index (χ0) is 10.8. The average Bonchev–Trinajstić information content (AvgIpc) is 2.96. The van der Waals surface area contributed by atoms with Crippen LogP contribution in [0, 0.1) is 0 Å². The number of aromatic nitrogens is 2. The molecule has 3 rings (SSSR count). The Morgan fingerprint density at radius 2 is 2.25 bits per heavy atom. The van der Waals surface area contributed by atoms with Crippen molar-refractivity contribution in [3.63, 3.8) is 0 Å². The van der Waals surface area contributed by atoms with E-state index in [1.807, 2.05) is 6.07 Å². The number of aryl methyl sites for hydroxylation is 1. The van der Waals surface area contributed by atoms with Crippen LogP contribution in [0.2, 0.25) is 0 Å². The van der Waals surface area contributed by atoms with E-state index in [1.54, 1.807) is 6.20 Å². The lowest BCUT2D eigenvalue weighted by atomic mass is 10.1. The molecule has 2 aromatic rings. The maximum absolute atomic E-state index is 3.95. The van der Waals surface area contributed by atoms with Gasteiger partial charge in [-0.05, 0) is 30.0 Å². The molecule has 1 atom stereocenters. The molecule has 2 N–H and O–H groups in total. The molecule has 1 unspecified atom stereocenters. The Kier molecular flexibility index (Phi) is 2.46. The number of nitrogens with zero attached hydrogens (tertiary/aromatic N) is 1. The number of aromatic amines is 1. The second-order valence-corrected chi connectivity index (χ2v) is 4.25. The van der Waals surface area contributed by atoms with Crippen molar-refractivity contribution in [2.24, 2.45) is 0 Å². The first-order valence-corrected chi connectivity index (χ1v) is 5.73. The highest BCUT2D eigenvalue weighted by molar-refractivity contribution is 5.34. The molecule has 82 valence electrons. The van der Waals surface area contributed by atoms with Gasteiger partial charge in [-0.15, -0.1) is 0 Å². The molecular formula is C13H15N3. The molecule has 3 heteroatoms. The lowest BCUT2D eigenvalue weighted by Gasteiger charge is -2.12. The summed E-state index contributed by atoms with van der Waals surface area (Å²) in [7, 11) is 0. The highest BCUT2D eigenvalue weighted by Crippen LogP contribution is 2.30. The molecule has 0 amide bonds. The Morgan fingerprint density at radius 3 is 3.12 bits per heavy atom. The molecule has 1 aromatic carbocycles.